The van der Waals surface area contributed by atoms with Gasteiger partial charge < -0.3 is 15.0 Å². The van der Waals surface area contributed by atoms with Crippen LogP contribution in [0.4, 0.5) is 5.69 Å². The van der Waals surface area contributed by atoms with Crippen molar-refractivity contribution in [3.8, 4) is 11.1 Å². The third-order valence-electron chi connectivity index (χ3n) is 6.35. The summed E-state index contributed by atoms with van der Waals surface area (Å²) in [5, 5.41) is 3.04. The second-order valence-corrected chi connectivity index (χ2v) is 9.35. The molecule has 3 aromatic rings. The van der Waals surface area contributed by atoms with Crippen molar-refractivity contribution in [2.24, 2.45) is 5.92 Å². The van der Waals surface area contributed by atoms with Crippen LogP contribution < -0.4 is 5.32 Å². The zero-order valence-corrected chi connectivity index (χ0v) is 20.4. The van der Waals surface area contributed by atoms with Gasteiger partial charge in [0.05, 0.1) is 5.56 Å². The molecule has 1 N–H and O–H groups in total. The highest BCUT2D eigenvalue weighted by Crippen LogP contribution is 2.28. The number of nitrogens with one attached hydrogen (secondary N) is 1. The van der Waals surface area contributed by atoms with E-state index in [0.717, 1.165) is 36.2 Å². The number of amides is 1. The van der Waals surface area contributed by atoms with E-state index < -0.39 is 0 Å². The number of benzene rings is 3. The monoisotopic (exact) mass is 468 g/mol. The molecule has 0 aliphatic heterocycles. The summed E-state index contributed by atoms with van der Waals surface area (Å²) in [7, 11) is 4.25. The minimum Gasteiger partial charge on any atom is -0.458 e. The van der Waals surface area contributed by atoms with Crippen LogP contribution in [0.5, 0.6) is 0 Å². The molecule has 0 bridgehead atoms. The predicted molar refractivity (Wildman–Crippen MR) is 141 cm³/mol. The van der Waals surface area contributed by atoms with Gasteiger partial charge in [-0.3, -0.25) is 4.79 Å². The van der Waals surface area contributed by atoms with Crippen LogP contribution in [-0.4, -0.2) is 44.0 Å². The summed E-state index contributed by atoms with van der Waals surface area (Å²) in [6, 6.07) is 21.0. The van der Waals surface area contributed by atoms with Crippen molar-refractivity contribution >= 4 is 17.6 Å². The van der Waals surface area contributed by atoms with E-state index in [4.69, 9.17) is 4.74 Å². The normalized spacial score (nSPS) is 14.8. The minimum atomic E-state index is -0.376. The second kappa shape index (κ2) is 11.2. The molecule has 0 saturated heterocycles. The van der Waals surface area contributed by atoms with Crippen molar-refractivity contribution in [2.75, 3.05) is 32.6 Å². The Kier molecular flexibility index (Phi) is 7.78. The van der Waals surface area contributed by atoms with E-state index in [2.05, 4.69) is 43.0 Å². The number of rotatable bonds is 8. The van der Waals surface area contributed by atoms with Crippen molar-refractivity contribution in [2.45, 2.75) is 19.3 Å². The molecule has 35 heavy (non-hydrogen) atoms. The summed E-state index contributed by atoms with van der Waals surface area (Å²) in [6.45, 7) is 4.84. The Morgan fingerprint density at radius 1 is 0.971 bits per heavy atom. The minimum absolute atomic E-state index is 0.127. The maximum Gasteiger partial charge on any atom is 0.338 e. The van der Waals surface area contributed by atoms with Crippen molar-refractivity contribution in [1.82, 2.24) is 4.90 Å². The fourth-order valence-corrected chi connectivity index (χ4v) is 4.61. The average molecular weight is 469 g/mol. The average Bonchev–Trinajstić information content (AvgIpc) is 2.87. The molecule has 4 rings (SSSR count). The number of esters is 1. The molecule has 0 fully saturated rings. The van der Waals surface area contributed by atoms with Crippen LogP contribution >= 0.6 is 0 Å². The van der Waals surface area contributed by atoms with Gasteiger partial charge in [-0.1, -0.05) is 43.0 Å². The molecule has 1 amide bonds. The number of hydrogen-bond donors (Lipinski definition) is 1. The molecule has 180 valence electrons. The number of carbonyl (C=O) groups excluding carboxylic acids is 2. The van der Waals surface area contributed by atoms with Crippen LogP contribution in [0.1, 0.15) is 38.3 Å². The Balaban J connectivity index is 1.38. The summed E-state index contributed by atoms with van der Waals surface area (Å²) in [5.41, 5.74) is 6.58. The van der Waals surface area contributed by atoms with Crippen LogP contribution in [0.2, 0.25) is 0 Å². The molecule has 0 spiro atoms. The molecular weight excluding hydrogens is 436 g/mol. The Bertz CT molecular complexity index is 1200. The number of fused-ring (bicyclic) bond motifs is 1. The largest absolute Gasteiger partial charge is 0.458 e. The molecule has 0 radical (unpaired) electrons. The first-order valence-corrected chi connectivity index (χ1v) is 12.0. The molecule has 1 unspecified atom stereocenters. The van der Waals surface area contributed by atoms with Crippen LogP contribution in [0, 0.1) is 5.92 Å². The number of anilines is 1. The Morgan fingerprint density at radius 2 is 1.63 bits per heavy atom. The van der Waals surface area contributed by atoms with Crippen LogP contribution in [-0.2, 0) is 17.6 Å². The molecule has 5 nitrogen and oxygen atoms in total. The lowest BCUT2D eigenvalue weighted by Crippen LogP contribution is -2.26. The van der Waals surface area contributed by atoms with E-state index in [0.29, 0.717) is 17.0 Å². The van der Waals surface area contributed by atoms with Crippen molar-refractivity contribution in [3.05, 3.63) is 102 Å². The highest BCUT2D eigenvalue weighted by Gasteiger charge is 2.20. The van der Waals surface area contributed by atoms with Crippen LogP contribution in [0.3, 0.4) is 0 Å². The molecule has 3 aromatic carbocycles. The van der Waals surface area contributed by atoms with E-state index in [1.54, 1.807) is 12.1 Å². The summed E-state index contributed by atoms with van der Waals surface area (Å²) in [5.74, 6) is 0.191. The topological polar surface area (TPSA) is 58.6 Å². The quantitative estimate of drug-likeness (QED) is 0.345. The van der Waals surface area contributed by atoms with E-state index in [1.807, 2.05) is 42.5 Å². The Morgan fingerprint density at radius 3 is 2.26 bits per heavy atom. The van der Waals surface area contributed by atoms with Crippen molar-refractivity contribution in [3.63, 3.8) is 0 Å². The molecule has 0 aromatic heterocycles. The summed E-state index contributed by atoms with van der Waals surface area (Å²) < 4.78 is 5.06. The Hall–Kier alpha value is -3.70. The van der Waals surface area contributed by atoms with E-state index in [1.165, 1.54) is 23.6 Å². The van der Waals surface area contributed by atoms with Gasteiger partial charge in [-0.15, -0.1) is 0 Å². The first-order chi connectivity index (χ1) is 16.9. The molecule has 1 aliphatic carbocycles. The van der Waals surface area contributed by atoms with Gasteiger partial charge in [-0.2, -0.15) is 0 Å². The Labute approximate surface area is 207 Å². The van der Waals surface area contributed by atoms with E-state index in [-0.39, 0.29) is 18.5 Å². The first-order valence-electron chi connectivity index (χ1n) is 12.0. The summed E-state index contributed by atoms with van der Waals surface area (Å²) in [4.78, 5) is 27.0. The molecule has 0 saturated carbocycles. The number of ether oxygens (including phenoxy) is 1. The van der Waals surface area contributed by atoms with Crippen LogP contribution in [0.15, 0.2) is 79.4 Å². The molecule has 0 heterocycles. The summed E-state index contributed by atoms with van der Waals surface area (Å²) in [6.07, 6.45) is 4.87. The molecular formula is C30H32N2O3. The number of hydrogen-bond acceptors (Lipinski definition) is 4. The number of aryl methyl sites for hydroxylation is 1. The van der Waals surface area contributed by atoms with Gasteiger partial charge in [-0.25, -0.2) is 4.79 Å². The molecule has 1 aliphatic rings. The molecule has 5 heteroatoms. The lowest BCUT2D eigenvalue weighted by atomic mass is 9.83. The zero-order valence-electron chi connectivity index (χ0n) is 20.4. The van der Waals surface area contributed by atoms with Crippen molar-refractivity contribution in [1.29, 1.82) is 0 Å². The third-order valence-corrected chi connectivity index (χ3v) is 6.35. The molecule has 1 atom stereocenters. The van der Waals surface area contributed by atoms with E-state index >= 15 is 0 Å². The predicted octanol–water partition coefficient (Wildman–Crippen LogP) is 5.62. The maximum absolute atomic E-state index is 12.8. The first kappa shape index (κ1) is 24.4. The van der Waals surface area contributed by atoms with Gasteiger partial charge in [0, 0.05) is 17.8 Å². The smallest absolute Gasteiger partial charge is 0.338 e. The highest BCUT2D eigenvalue weighted by atomic mass is 16.5. The fourth-order valence-electron chi connectivity index (χ4n) is 4.61. The van der Waals surface area contributed by atoms with Crippen molar-refractivity contribution < 1.29 is 14.3 Å². The van der Waals surface area contributed by atoms with Crippen LogP contribution in [0.25, 0.3) is 11.1 Å². The van der Waals surface area contributed by atoms with Gasteiger partial charge in [0.1, 0.15) is 6.61 Å². The van der Waals surface area contributed by atoms with Gasteiger partial charge >= 0.3 is 5.97 Å². The lowest BCUT2D eigenvalue weighted by Gasteiger charge is -2.27. The second-order valence-electron chi connectivity index (χ2n) is 9.35. The summed E-state index contributed by atoms with van der Waals surface area (Å²) >= 11 is 0. The van der Waals surface area contributed by atoms with Gasteiger partial charge in [0.15, 0.2) is 0 Å². The van der Waals surface area contributed by atoms with Gasteiger partial charge in [-0.05, 0) is 97.9 Å². The lowest BCUT2D eigenvalue weighted by molar-refractivity contribution is 0.0549. The zero-order chi connectivity index (χ0) is 24.8. The number of carbonyl (C=O) groups is 2. The number of nitrogens with zero attached hydrogens (tertiary/aromatic N) is 1. The third kappa shape index (κ3) is 6.25. The van der Waals surface area contributed by atoms with E-state index in [9.17, 15) is 9.59 Å². The standard InChI is InChI=1S/C30H32N2O3/c1-4-17-35-30(34)25-13-9-23(10-14-25)22-7-11-24(12-8-22)29(33)31-28-16-15-26-18-21(20-32(2)3)5-6-27(26)19-28/h4,7-16,19,21H,1,5-6,17-18,20H2,2-3H3,(H,31,33). The fraction of sp³-hybridized carbons (Fsp3) is 0.267. The van der Waals surface area contributed by atoms with Gasteiger partial charge in [0.25, 0.3) is 5.91 Å². The SMILES string of the molecule is C=CCOC(=O)c1ccc(-c2ccc(C(=O)Nc3ccc4c(c3)CCC(CN(C)C)C4)cc2)cc1. The van der Waals surface area contributed by atoms with Gasteiger partial charge in [0.2, 0.25) is 0 Å². The highest BCUT2D eigenvalue weighted by molar-refractivity contribution is 6.04. The maximum atomic E-state index is 12.8.